The van der Waals surface area contributed by atoms with Gasteiger partial charge in [0.2, 0.25) is 0 Å². The molecule has 1 fully saturated rings. The van der Waals surface area contributed by atoms with E-state index in [9.17, 15) is 8.42 Å². The van der Waals surface area contributed by atoms with Gasteiger partial charge < -0.3 is 15.1 Å². The minimum atomic E-state index is -3.67. The van der Waals surface area contributed by atoms with Gasteiger partial charge in [-0.3, -0.25) is 4.31 Å². The lowest BCUT2D eigenvalue weighted by Gasteiger charge is -2.33. The third-order valence-corrected chi connectivity index (χ3v) is 7.81. The molecule has 4 heterocycles. The van der Waals surface area contributed by atoms with Crippen LogP contribution in [0.2, 0.25) is 0 Å². The molecular formula is C23H26N6O2S. The van der Waals surface area contributed by atoms with Gasteiger partial charge in [0.05, 0.1) is 17.1 Å². The first-order chi connectivity index (χ1) is 15.5. The Hall–Kier alpha value is -3.17. The van der Waals surface area contributed by atoms with Crippen molar-refractivity contribution in [2.45, 2.75) is 4.90 Å². The Morgan fingerprint density at radius 1 is 0.875 bits per heavy atom. The minimum Gasteiger partial charge on any atom is -0.367 e. The summed E-state index contributed by atoms with van der Waals surface area (Å²) in [5.74, 6) is 1.53. The lowest BCUT2D eigenvalue weighted by atomic mass is 10.1. The third kappa shape index (κ3) is 3.89. The van der Waals surface area contributed by atoms with E-state index in [2.05, 4.69) is 32.1 Å². The molecule has 0 spiro atoms. The van der Waals surface area contributed by atoms with Crippen LogP contribution in [0.5, 0.6) is 0 Å². The molecular weight excluding hydrogens is 424 g/mol. The van der Waals surface area contributed by atoms with E-state index in [4.69, 9.17) is 0 Å². The molecule has 0 unspecified atom stereocenters. The number of hydrogen-bond donors (Lipinski definition) is 1. The van der Waals surface area contributed by atoms with E-state index >= 15 is 0 Å². The van der Waals surface area contributed by atoms with Gasteiger partial charge in [-0.1, -0.05) is 18.2 Å². The van der Waals surface area contributed by atoms with Gasteiger partial charge in [-0.15, -0.1) is 0 Å². The molecule has 8 nitrogen and oxygen atoms in total. The zero-order valence-corrected chi connectivity index (χ0v) is 18.8. The maximum absolute atomic E-state index is 13.3. The number of hydrogen-bond acceptors (Lipinski definition) is 7. The average molecular weight is 451 g/mol. The molecule has 0 atom stereocenters. The van der Waals surface area contributed by atoms with Crippen LogP contribution >= 0.6 is 0 Å². The van der Waals surface area contributed by atoms with Crippen molar-refractivity contribution < 1.29 is 8.42 Å². The van der Waals surface area contributed by atoms with Crippen molar-refractivity contribution in [3.05, 3.63) is 60.9 Å². The minimum absolute atomic E-state index is 0.274. The highest BCUT2D eigenvalue weighted by atomic mass is 32.2. The molecule has 5 rings (SSSR count). The Kier molecular flexibility index (Phi) is 5.44. The van der Waals surface area contributed by atoms with Crippen LogP contribution in [-0.2, 0) is 10.0 Å². The van der Waals surface area contributed by atoms with Gasteiger partial charge in [-0.25, -0.2) is 18.4 Å². The largest absolute Gasteiger partial charge is 0.367 e. The zero-order chi connectivity index (χ0) is 22.1. The number of pyridine rings is 2. The van der Waals surface area contributed by atoms with Gasteiger partial charge in [0.25, 0.3) is 10.0 Å². The summed E-state index contributed by atoms with van der Waals surface area (Å²) in [4.78, 5) is 14.0. The summed E-state index contributed by atoms with van der Waals surface area (Å²) in [5.41, 5.74) is 2.29. The predicted octanol–water partition coefficient (Wildman–Crippen LogP) is 2.52. The highest BCUT2D eigenvalue weighted by Crippen LogP contribution is 2.35. The summed E-state index contributed by atoms with van der Waals surface area (Å²) in [6.07, 6.45) is 3.60. The number of nitrogens with one attached hydrogen (secondary N) is 1. The Morgan fingerprint density at radius 2 is 1.62 bits per heavy atom. The van der Waals surface area contributed by atoms with Crippen molar-refractivity contribution in [2.75, 3.05) is 60.8 Å². The molecule has 0 aliphatic carbocycles. The molecule has 0 radical (unpaired) electrons. The number of benzene rings is 1. The van der Waals surface area contributed by atoms with Crippen LogP contribution in [0.1, 0.15) is 0 Å². The Labute approximate surface area is 188 Å². The molecule has 9 heteroatoms. The SMILES string of the molecule is CN1CCN(c2ccc(-c3cnc4c(c3)N(S(=O)(=O)c3ccccc3)CCN4)cn2)CC1. The number of anilines is 3. The van der Waals surface area contributed by atoms with Crippen molar-refractivity contribution >= 4 is 27.3 Å². The molecule has 0 bridgehead atoms. The number of fused-ring (bicyclic) bond motifs is 1. The lowest BCUT2D eigenvalue weighted by molar-refractivity contribution is 0.312. The molecule has 0 saturated carbocycles. The standard InChI is InChI=1S/C23H26N6O2S/c1-27-11-13-28(14-12-27)22-8-7-18(16-25-22)19-15-21-23(26-17-19)24-9-10-29(21)32(30,31)20-5-3-2-4-6-20/h2-8,15-17H,9-14H2,1H3,(H,24,26). The predicted molar refractivity (Wildman–Crippen MR) is 127 cm³/mol. The monoisotopic (exact) mass is 450 g/mol. The number of piperazine rings is 1. The molecule has 0 amide bonds. The summed E-state index contributed by atoms with van der Waals surface area (Å²) in [6, 6.07) is 14.4. The van der Waals surface area contributed by atoms with Crippen LogP contribution in [0.3, 0.4) is 0 Å². The molecule has 1 saturated heterocycles. The first-order valence-electron chi connectivity index (χ1n) is 10.7. The Balaban J connectivity index is 1.45. The van der Waals surface area contributed by atoms with Crippen molar-refractivity contribution in [1.82, 2.24) is 14.9 Å². The normalized spacial score (nSPS) is 17.0. The smallest absolute Gasteiger partial charge is 0.264 e. The van der Waals surface area contributed by atoms with E-state index < -0.39 is 10.0 Å². The van der Waals surface area contributed by atoms with E-state index in [-0.39, 0.29) is 4.90 Å². The number of nitrogens with zero attached hydrogens (tertiary/aromatic N) is 5. The van der Waals surface area contributed by atoms with Crippen molar-refractivity contribution in [3.63, 3.8) is 0 Å². The highest BCUT2D eigenvalue weighted by Gasteiger charge is 2.30. The summed E-state index contributed by atoms with van der Waals surface area (Å²) in [7, 11) is -1.54. The van der Waals surface area contributed by atoms with Gasteiger partial charge in [-0.05, 0) is 37.4 Å². The topological polar surface area (TPSA) is 81.7 Å². The number of aromatic nitrogens is 2. The average Bonchev–Trinajstić information content (AvgIpc) is 2.84. The molecule has 1 N–H and O–H groups in total. The fourth-order valence-electron chi connectivity index (χ4n) is 4.08. The quantitative estimate of drug-likeness (QED) is 0.654. The highest BCUT2D eigenvalue weighted by molar-refractivity contribution is 7.92. The van der Waals surface area contributed by atoms with Crippen molar-refractivity contribution in [1.29, 1.82) is 0 Å². The second-order valence-corrected chi connectivity index (χ2v) is 9.97. The van der Waals surface area contributed by atoms with E-state index in [0.717, 1.165) is 43.1 Å². The molecule has 3 aromatic rings. The molecule has 166 valence electrons. The van der Waals surface area contributed by atoms with Crippen LogP contribution in [0, 0.1) is 0 Å². The summed E-state index contributed by atoms with van der Waals surface area (Å²) >= 11 is 0. The lowest BCUT2D eigenvalue weighted by Crippen LogP contribution is -2.44. The summed E-state index contributed by atoms with van der Waals surface area (Å²) < 4.78 is 28.0. The molecule has 1 aromatic carbocycles. The van der Waals surface area contributed by atoms with Gasteiger partial charge >= 0.3 is 0 Å². The van der Waals surface area contributed by atoms with Crippen LogP contribution < -0.4 is 14.5 Å². The fraction of sp³-hybridized carbons (Fsp3) is 0.304. The molecule has 32 heavy (non-hydrogen) atoms. The van der Waals surface area contributed by atoms with Gasteiger partial charge in [0.15, 0.2) is 5.82 Å². The zero-order valence-electron chi connectivity index (χ0n) is 18.0. The summed E-state index contributed by atoms with van der Waals surface area (Å²) in [6.45, 7) is 4.82. The van der Waals surface area contributed by atoms with E-state index in [0.29, 0.717) is 24.6 Å². The van der Waals surface area contributed by atoms with Crippen LogP contribution in [-0.4, -0.2) is 69.6 Å². The van der Waals surface area contributed by atoms with Crippen molar-refractivity contribution in [3.8, 4) is 11.1 Å². The number of rotatable bonds is 4. The van der Waals surface area contributed by atoms with E-state index in [1.807, 2.05) is 30.5 Å². The second-order valence-electron chi connectivity index (χ2n) is 8.10. The first kappa shape index (κ1) is 20.7. The van der Waals surface area contributed by atoms with Gasteiger partial charge in [0, 0.05) is 56.2 Å². The summed E-state index contributed by atoms with van der Waals surface area (Å²) in [5, 5.41) is 3.21. The van der Waals surface area contributed by atoms with Gasteiger partial charge in [-0.2, -0.15) is 0 Å². The van der Waals surface area contributed by atoms with Crippen molar-refractivity contribution in [2.24, 2.45) is 0 Å². The molecule has 2 aliphatic heterocycles. The maximum atomic E-state index is 13.3. The Morgan fingerprint density at radius 3 is 2.34 bits per heavy atom. The second kappa shape index (κ2) is 8.40. The number of sulfonamides is 1. The molecule has 2 aromatic heterocycles. The van der Waals surface area contributed by atoms with E-state index in [1.165, 1.54) is 4.31 Å². The maximum Gasteiger partial charge on any atom is 0.264 e. The van der Waals surface area contributed by atoms with E-state index in [1.54, 1.807) is 30.5 Å². The fourth-order valence-corrected chi connectivity index (χ4v) is 5.57. The van der Waals surface area contributed by atoms with Crippen LogP contribution in [0.15, 0.2) is 65.8 Å². The van der Waals surface area contributed by atoms with Gasteiger partial charge in [0.1, 0.15) is 5.82 Å². The van der Waals surface area contributed by atoms with Crippen LogP contribution in [0.25, 0.3) is 11.1 Å². The number of likely N-dealkylation sites (N-methyl/N-ethyl adjacent to an activating group) is 1. The molecule has 2 aliphatic rings. The van der Waals surface area contributed by atoms with Crippen LogP contribution in [0.4, 0.5) is 17.3 Å². The Bertz CT molecular complexity index is 1190. The third-order valence-electron chi connectivity index (χ3n) is 5.98. The first-order valence-corrected chi connectivity index (χ1v) is 12.2.